The molecular weight excluding hydrogens is 246 g/mol. The predicted molar refractivity (Wildman–Crippen MR) is 73.8 cm³/mol. The van der Waals surface area contributed by atoms with Gasteiger partial charge in [-0.3, -0.25) is 4.90 Å². The van der Waals surface area contributed by atoms with Crippen molar-refractivity contribution < 1.29 is 14.6 Å². The molecule has 1 saturated heterocycles. The van der Waals surface area contributed by atoms with Crippen molar-refractivity contribution in [1.29, 1.82) is 0 Å². The van der Waals surface area contributed by atoms with Gasteiger partial charge in [0, 0.05) is 32.2 Å². The lowest BCUT2D eigenvalue weighted by Gasteiger charge is -2.38. The number of aliphatic hydroxyl groups is 1. The smallest absolute Gasteiger partial charge is 0.407 e. The molecule has 0 bridgehead atoms. The van der Waals surface area contributed by atoms with E-state index in [9.17, 15) is 9.90 Å². The summed E-state index contributed by atoms with van der Waals surface area (Å²) in [5.41, 5.74) is 5.60. The average molecular weight is 273 g/mol. The minimum atomic E-state index is -0.394. The van der Waals surface area contributed by atoms with Crippen LogP contribution in [-0.2, 0) is 4.74 Å². The molecule has 4 N–H and O–H groups in total. The van der Waals surface area contributed by atoms with E-state index in [4.69, 9.17) is 5.73 Å². The number of nitrogens with one attached hydrogen (secondary N) is 1. The maximum atomic E-state index is 11.3. The van der Waals surface area contributed by atoms with Crippen molar-refractivity contribution in [2.24, 2.45) is 11.7 Å². The van der Waals surface area contributed by atoms with Crippen molar-refractivity contribution in [3.05, 3.63) is 0 Å². The van der Waals surface area contributed by atoms with Gasteiger partial charge in [-0.25, -0.2) is 4.79 Å². The number of likely N-dealkylation sites (tertiary alicyclic amines) is 1. The molecule has 6 nitrogen and oxygen atoms in total. The first-order valence-electron chi connectivity index (χ1n) is 7.04. The van der Waals surface area contributed by atoms with Crippen molar-refractivity contribution in [3.63, 3.8) is 0 Å². The molecule has 1 fully saturated rings. The third-order valence-corrected chi connectivity index (χ3v) is 3.64. The standard InChI is InChI=1S/C13H27N3O3/c1-3-12(17)7-10-6-11(15-13(18)19-2)9-16(8-10)5-4-14/h10-12,17H,3-9,14H2,1-2H3,(H,15,18). The second-order valence-corrected chi connectivity index (χ2v) is 5.28. The molecule has 112 valence electrons. The van der Waals surface area contributed by atoms with E-state index in [0.29, 0.717) is 12.5 Å². The molecule has 0 aromatic heterocycles. The highest BCUT2D eigenvalue weighted by atomic mass is 16.5. The maximum Gasteiger partial charge on any atom is 0.407 e. The Balaban J connectivity index is 2.54. The molecule has 19 heavy (non-hydrogen) atoms. The normalized spacial score (nSPS) is 25.9. The van der Waals surface area contributed by atoms with Crippen LogP contribution >= 0.6 is 0 Å². The van der Waals surface area contributed by atoms with E-state index in [1.807, 2.05) is 6.92 Å². The van der Waals surface area contributed by atoms with E-state index < -0.39 is 6.09 Å². The SMILES string of the molecule is CCC(O)CC1CC(NC(=O)OC)CN(CCN)C1. The van der Waals surface area contributed by atoms with Crippen molar-refractivity contribution in [2.45, 2.75) is 38.3 Å². The fourth-order valence-corrected chi connectivity index (χ4v) is 2.72. The average Bonchev–Trinajstić information content (AvgIpc) is 2.38. The van der Waals surface area contributed by atoms with Crippen LogP contribution in [0.1, 0.15) is 26.2 Å². The van der Waals surface area contributed by atoms with E-state index in [1.165, 1.54) is 7.11 Å². The lowest BCUT2D eigenvalue weighted by molar-refractivity contribution is 0.0830. The first-order valence-corrected chi connectivity index (χ1v) is 7.04. The summed E-state index contributed by atoms with van der Waals surface area (Å²) in [7, 11) is 1.37. The fraction of sp³-hybridized carbons (Fsp3) is 0.923. The zero-order valence-corrected chi connectivity index (χ0v) is 12.0. The number of hydrogen-bond donors (Lipinski definition) is 3. The number of carbonyl (C=O) groups excluding carboxylic acids is 1. The van der Waals surface area contributed by atoms with Crippen molar-refractivity contribution in [2.75, 3.05) is 33.3 Å². The Morgan fingerprint density at radius 2 is 2.32 bits per heavy atom. The number of rotatable bonds is 6. The van der Waals surface area contributed by atoms with Gasteiger partial charge in [0.1, 0.15) is 0 Å². The minimum Gasteiger partial charge on any atom is -0.453 e. The van der Waals surface area contributed by atoms with Crippen LogP contribution in [-0.4, -0.2) is 61.5 Å². The largest absolute Gasteiger partial charge is 0.453 e. The Kier molecular flexibility index (Phi) is 7.12. The molecule has 1 aliphatic rings. The molecule has 0 radical (unpaired) electrons. The van der Waals surface area contributed by atoms with Gasteiger partial charge in [-0.1, -0.05) is 6.92 Å². The first-order chi connectivity index (χ1) is 9.08. The van der Waals surface area contributed by atoms with E-state index in [1.54, 1.807) is 0 Å². The highest BCUT2D eigenvalue weighted by Gasteiger charge is 2.29. The van der Waals surface area contributed by atoms with Crippen LogP contribution in [0.25, 0.3) is 0 Å². The second-order valence-electron chi connectivity index (χ2n) is 5.28. The Morgan fingerprint density at radius 3 is 2.89 bits per heavy atom. The van der Waals surface area contributed by atoms with E-state index in [-0.39, 0.29) is 12.1 Å². The van der Waals surface area contributed by atoms with Gasteiger partial charge >= 0.3 is 6.09 Å². The molecule has 1 aliphatic heterocycles. The zero-order valence-electron chi connectivity index (χ0n) is 12.0. The highest BCUT2D eigenvalue weighted by Crippen LogP contribution is 2.22. The second kappa shape index (κ2) is 8.35. The van der Waals surface area contributed by atoms with Crippen LogP contribution in [0.4, 0.5) is 4.79 Å². The minimum absolute atomic E-state index is 0.0711. The van der Waals surface area contributed by atoms with Gasteiger partial charge < -0.3 is 20.9 Å². The quantitative estimate of drug-likeness (QED) is 0.641. The molecular formula is C13H27N3O3. The Morgan fingerprint density at radius 1 is 1.58 bits per heavy atom. The number of hydrogen-bond acceptors (Lipinski definition) is 5. The number of alkyl carbamates (subject to hydrolysis) is 1. The van der Waals surface area contributed by atoms with Crippen LogP contribution < -0.4 is 11.1 Å². The molecule has 0 spiro atoms. The predicted octanol–water partition coefficient (Wildman–Crippen LogP) is 0.153. The maximum absolute atomic E-state index is 11.3. The first kappa shape index (κ1) is 16.2. The molecule has 0 aromatic rings. The lowest BCUT2D eigenvalue weighted by Crippen LogP contribution is -2.52. The molecule has 0 aliphatic carbocycles. The van der Waals surface area contributed by atoms with Crippen LogP contribution in [0, 0.1) is 5.92 Å². The number of nitrogens with two attached hydrogens (primary N) is 1. The van der Waals surface area contributed by atoms with Crippen LogP contribution in [0.3, 0.4) is 0 Å². The fourth-order valence-electron chi connectivity index (χ4n) is 2.72. The molecule has 1 amide bonds. The molecule has 1 rings (SSSR count). The molecule has 3 unspecified atom stereocenters. The molecule has 0 saturated carbocycles. The number of piperidine rings is 1. The third-order valence-electron chi connectivity index (χ3n) is 3.64. The van der Waals surface area contributed by atoms with Gasteiger partial charge in [-0.2, -0.15) is 0 Å². The molecule has 3 atom stereocenters. The lowest BCUT2D eigenvalue weighted by atomic mass is 9.89. The number of aliphatic hydroxyl groups excluding tert-OH is 1. The summed E-state index contributed by atoms with van der Waals surface area (Å²) < 4.78 is 4.64. The van der Waals surface area contributed by atoms with E-state index >= 15 is 0 Å². The van der Waals surface area contributed by atoms with Gasteiger partial charge in [0.25, 0.3) is 0 Å². The van der Waals surface area contributed by atoms with Gasteiger partial charge in [0.05, 0.1) is 13.2 Å². The Bertz CT molecular complexity index is 276. The van der Waals surface area contributed by atoms with Crippen molar-refractivity contribution >= 4 is 6.09 Å². The number of ether oxygens (including phenoxy) is 1. The summed E-state index contributed by atoms with van der Waals surface area (Å²) in [5.74, 6) is 0.386. The summed E-state index contributed by atoms with van der Waals surface area (Å²) in [5, 5.41) is 12.6. The summed E-state index contributed by atoms with van der Waals surface area (Å²) in [6, 6.07) is 0.0711. The van der Waals surface area contributed by atoms with E-state index in [2.05, 4.69) is 15.0 Å². The van der Waals surface area contributed by atoms with Crippen LogP contribution in [0.5, 0.6) is 0 Å². The van der Waals surface area contributed by atoms with Crippen molar-refractivity contribution in [3.8, 4) is 0 Å². The number of amides is 1. The van der Waals surface area contributed by atoms with Crippen LogP contribution in [0.15, 0.2) is 0 Å². The Hall–Kier alpha value is -0.850. The summed E-state index contributed by atoms with van der Waals surface area (Å²) >= 11 is 0. The molecule has 6 heteroatoms. The number of methoxy groups -OCH3 is 1. The van der Waals surface area contributed by atoms with Gasteiger partial charge in [-0.05, 0) is 25.2 Å². The van der Waals surface area contributed by atoms with Gasteiger partial charge in [-0.15, -0.1) is 0 Å². The molecule has 0 aromatic carbocycles. The topological polar surface area (TPSA) is 87.8 Å². The zero-order chi connectivity index (χ0) is 14.3. The van der Waals surface area contributed by atoms with Gasteiger partial charge in [0.15, 0.2) is 0 Å². The third kappa shape index (κ3) is 5.76. The summed E-state index contributed by atoms with van der Waals surface area (Å²) in [4.78, 5) is 13.6. The summed E-state index contributed by atoms with van der Waals surface area (Å²) in [6.45, 7) is 5.14. The number of nitrogens with zero attached hydrogens (tertiary/aromatic N) is 1. The summed E-state index contributed by atoms with van der Waals surface area (Å²) in [6.07, 6.45) is 1.77. The number of carbonyl (C=O) groups is 1. The van der Waals surface area contributed by atoms with Crippen LogP contribution in [0.2, 0.25) is 0 Å². The van der Waals surface area contributed by atoms with Crippen molar-refractivity contribution in [1.82, 2.24) is 10.2 Å². The highest BCUT2D eigenvalue weighted by molar-refractivity contribution is 5.67. The Labute approximate surface area is 115 Å². The van der Waals surface area contributed by atoms with E-state index in [0.717, 1.165) is 38.9 Å². The monoisotopic (exact) mass is 273 g/mol. The van der Waals surface area contributed by atoms with Gasteiger partial charge in [0.2, 0.25) is 0 Å². The molecule has 1 heterocycles.